The molecule has 0 bridgehead atoms. The molecule has 1 aliphatic heterocycles. The summed E-state index contributed by atoms with van der Waals surface area (Å²) in [6.45, 7) is 6.86. The fraction of sp³-hybridized carbons (Fsp3) is 1.00. The van der Waals surface area contributed by atoms with Crippen molar-refractivity contribution in [2.24, 2.45) is 5.92 Å². The maximum absolute atomic E-state index is 7.57. The molecule has 1 unspecified atom stereocenters. The normalized spacial score (nSPS) is 24.5. The standard InChI is InChI=1S/C7H15N.C2H6O/c1-3-7-4-5-8(2)6-7;1-2-3/h7H,3-6H2,1-2H3;3H,2H2,1H3. The molecule has 1 atom stereocenters. The van der Waals surface area contributed by atoms with Crippen molar-refractivity contribution >= 4 is 0 Å². The van der Waals surface area contributed by atoms with Gasteiger partial charge in [-0.2, -0.15) is 0 Å². The summed E-state index contributed by atoms with van der Waals surface area (Å²) in [4.78, 5) is 2.41. The van der Waals surface area contributed by atoms with E-state index in [4.69, 9.17) is 5.11 Å². The summed E-state index contributed by atoms with van der Waals surface area (Å²) in [7, 11) is 2.20. The molecule has 68 valence electrons. The van der Waals surface area contributed by atoms with Crippen molar-refractivity contribution in [2.45, 2.75) is 26.7 Å². The Morgan fingerprint density at radius 3 is 2.18 bits per heavy atom. The van der Waals surface area contributed by atoms with Crippen LogP contribution in [0.5, 0.6) is 0 Å². The molecule has 0 aromatic carbocycles. The van der Waals surface area contributed by atoms with Crippen molar-refractivity contribution in [3.05, 3.63) is 0 Å². The Balaban J connectivity index is 0.000000292. The third-order valence-electron chi connectivity index (χ3n) is 2.07. The Hall–Kier alpha value is -0.0800. The highest BCUT2D eigenvalue weighted by Crippen LogP contribution is 2.16. The molecule has 0 radical (unpaired) electrons. The Bertz CT molecular complexity index is 85.6. The first-order chi connectivity index (χ1) is 5.24. The number of nitrogens with zero attached hydrogens (tertiary/aromatic N) is 1. The van der Waals surface area contributed by atoms with Gasteiger partial charge in [-0.1, -0.05) is 13.3 Å². The molecular formula is C9H21NO. The zero-order valence-electron chi connectivity index (χ0n) is 8.01. The van der Waals surface area contributed by atoms with Gasteiger partial charge in [0.25, 0.3) is 0 Å². The second kappa shape index (κ2) is 6.62. The maximum Gasteiger partial charge on any atom is 0.0402 e. The number of hydrogen-bond donors (Lipinski definition) is 1. The molecule has 0 saturated carbocycles. The molecule has 1 heterocycles. The van der Waals surface area contributed by atoms with Crippen LogP contribution in [-0.4, -0.2) is 36.8 Å². The molecule has 0 aromatic rings. The predicted octanol–water partition coefficient (Wildman–Crippen LogP) is 1.35. The van der Waals surface area contributed by atoms with Crippen LogP contribution in [0.3, 0.4) is 0 Å². The van der Waals surface area contributed by atoms with Crippen LogP contribution >= 0.6 is 0 Å². The van der Waals surface area contributed by atoms with Crippen molar-refractivity contribution in [1.82, 2.24) is 4.90 Å². The van der Waals surface area contributed by atoms with Crippen LogP contribution in [0.15, 0.2) is 0 Å². The number of rotatable bonds is 1. The predicted molar refractivity (Wildman–Crippen MR) is 48.7 cm³/mol. The fourth-order valence-electron chi connectivity index (χ4n) is 1.36. The molecule has 2 heteroatoms. The minimum absolute atomic E-state index is 0.250. The number of hydrogen-bond acceptors (Lipinski definition) is 2. The van der Waals surface area contributed by atoms with Gasteiger partial charge in [0, 0.05) is 13.2 Å². The van der Waals surface area contributed by atoms with Crippen molar-refractivity contribution < 1.29 is 5.11 Å². The van der Waals surface area contributed by atoms with Crippen LogP contribution < -0.4 is 0 Å². The molecule has 0 amide bonds. The summed E-state index contributed by atoms with van der Waals surface area (Å²) in [6, 6.07) is 0. The van der Waals surface area contributed by atoms with E-state index in [1.54, 1.807) is 6.92 Å². The zero-order valence-corrected chi connectivity index (χ0v) is 8.01. The summed E-state index contributed by atoms with van der Waals surface area (Å²) in [5.74, 6) is 1.000. The van der Waals surface area contributed by atoms with Gasteiger partial charge in [-0.25, -0.2) is 0 Å². The van der Waals surface area contributed by atoms with E-state index in [0.29, 0.717) is 0 Å². The lowest BCUT2D eigenvalue weighted by Crippen LogP contribution is -2.13. The minimum Gasteiger partial charge on any atom is -0.397 e. The Labute approximate surface area is 70.2 Å². The summed E-state index contributed by atoms with van der Waals surface area (Å²) in [6.07, 6.45) is 2.79. The van der Waals surface area contributed by atoms with Crippen LogP contribution in [-0.2, 0) is 0 Å². The van der Waals surface area contributed by atoms with Crippen molar-refractivity contribution in [3.8, 4) is 0 Å². The first-order valence-electron chi connectivity index (χ1n) is 4.53. The molecule has 11 heavy (non-hydrogen) atoms. The van der Waals surface area contributed by atoms with Gasteiger partial charge in [0.15, 0.2) is 0 Å². The molecule has 0 aromatic heterocycles. The van der Waals surface area contributed by atoms with Gasteiger partial charge in [0.2, 0.25) is 0 Å². The largest absolute Gasteiger partial charge is 0.397 e. The van der Waals surface area contributed by atoms with Gasteiger partial charge in [-0.05, 0) is 32.9 Å². The monoisotopic (exact) mass is 159 g/mol. The Kier molecular flexibility index (Phi) is 6.57. The van der Waals surface area contributed by atoms with Gasteiger partial charge in [-0.15, -0.1) is 0 Å². The average Bonchev–Trinajstić information content (AvgIpc) is 2.37. The quantitative estimate of drug-likeness (QED) is 0.624. The third-order valence-corrected chi connectivity index (χ3v) is 2.07. The van der Waals surface area contributed by atoms with Crippen LogP contribution in [0.4, 0.5) is 0 Å². The van der Waals surface area contributed by atoms with E-state index in [0.717, 1.165) is 5.92 Å². The molecule has 0 spiro atoms. The van der Waals surface area contributed by atoms with Crippen LogP contribution in [0.25, 0.3) is 0 Å². The zero-order chi connectivity index (χ0) is 8.69. The summed E-state index contributed by atoms with van der Waals surface area (Å²) in [5, 5.41) is 7.57. The molecule has 1 N–H and O–H groups in total. The minimum atomic E-state index is 0.250. The third kappa shape index (κ3) is 5.22. The number of aliphatic hydroxyl groups excluding tert-OH is 1. The van der Waals surface area contributed by atoms with E-state index in [2.05, 4.69) is 18.9 Å². The summed E-state index contributed by atoms with van der Waals surface area (Å²) >= 11 is 0. The van der Waals surface area contributed by atoms with Crippen molar-refractivity contribution in [2.75, 3.05) is 26.7 Å². The van der Waals surface area contributed by atoms with E-state index in [1.165, 1.54) is 25.9 Å². The first-order valence-corrected chi connectivity index (χ1v) is 4.53. The number of aliphatic hydroxyl groups is 1. The topological polar surface area (TPSA) is 23.5 Å². The average molecular weight is 159 g/mol. The van der Waals surface area contributed by atoms with Crippen molar-refractivity contribution in [3.63, 3.8) is 0 Å². The fourth-order valence-corrected chi connectivity index (χ4v) is 1.36. The second-order valence-corrected chi connectivity index (χ2v) is 3.14. The molecule has 1 rings (SSSR count). The number of likely N-dealkylation sites (tertiary alicyclic amines) is 1. The van der Waals surface area contributed by atoms with Crippen LogP contribution in [0.2, 0.25) is 0 Å². The van der Waals surface area contributed by atoms with E-state index in [1.807, 2.05) is 0 Å². The SMILES string of the molecule is CCC1CCN(C)C1.CCO. The van der Waals surface area contributed by atoms with Crippen LogP contribution in [0.1, 0.15) is 26.7 Å². The Morgan fingerprint density at radius 2 is 2.00 bits per heavy atom. The highest BCUT2D eigenvalue weighted by Gasteiger charge is 2.16. The lowest BCUT2D eigenvalue weighted by molar-refractivity contribution is 0.318. The Morgan fingerprint density at radius 1 is 1.45 bits per heavy atom. The first kappa shape index (κ1) is 10.9. The molecule has 1 aliphatic rings. The lowest BCUT2D eigenvalue weighted by Gasteiger charge is -2.05. The van der Waals surface area contributed by atoms with E-state index in [9.17, 15) is 0 Å². The van der Waals surface area contributed by atoms with E-state index >= 15 is 0 Å². The van der Waals surface area contributed by atoms with Gasteiger partial charge in [0.1, 0.15) is 0 Å². The molecule has 2 nitrogen and oxygen atoms in total. The molecular weight excluding hydrogens is 138 g/mol. The highest BCUT2D eigenvalue weighted by atomic mass is 16.2. The van der Waals surface area contributed by atoms with E-state index in [-0.39, 0.29) is 6.61 Å². The molecule has 0 aliphatic carbocycles. The second-order valence-electron chi connectivity index (χ2n) is 3.14. The highest BCUT2D eigenvalue weighted by molar-refractivity contribution is 4.70. The van der Waals surface area contributed by atoms with Gasteiger partial charge in [0.05, 0.1) is 0 Å². The van der Waals surface area contributed by atoms with E-state index < -0.39 is 0 Å². The summed E-state index contributed by atoms with van der Waals surface area (Å²) in [5.41, 5.74) is 0. The van der Waals surface area contributed by atoms with Gasteiger partial charge >= 0.3 is 0 Å². The molecule has 1 fully saturated rings. The maximum atomic E-state index is 7.57. The lowest BCUT2D eigenvalue weighted by atomic mass is 10.1. The van der Waals surface area contributed by atoms with Gasteiger partial charge < -0.3 is 10.0 Å². The molecule has 1 saturated heterocycles. The summed E-state index contributed by atoms with van der Waals surface area (Å²) < 4.78 is 0. The van der Waals surface area contributed by atoms with Crippen LogP contribution in [0, 0.1) is 5.92 Å². The smallest absolute Gasteiger partial charge is 0.0402 e. The van der Waals surface area contributed by atoms with Gasteiger partial charge in [-0.3, -0.25) is 0 Å². The van der Waals surface area contributed by atoms with Crippen molar-refractivity contribution in [1.29, 1.82) is 0 Å².